The van der Waals surface area contributed by atoms with E-state index in [0.717, 1.165) is 6.42 Å². The van der Waals surface area contributed by atoms with Gasteiger partial charge in [0.2, 0.25) is 11.6 Å². The average Bonchev–Trinajstić information content (AvgIpc) is 2.74. The molecule has 100 valence electrons. The van der Waals surface area contributed by atoms with E-state index >= 15 is 0 Å². The fourth-order valence-electron chi connectivity index (χ4n) is 1.45. The molecule has 3 nitrogen and oxygen atoms in total. The van der Waals surface area contributed by atoms with E-state index < -0.39 is 10.8 Å². The van der Waals surface area contributed by atoms with Gasteiger partial charge in [-0.2, -0.15) is 0 Å². The molecule has 0 aliphatic rings. The van der Waals surface area contributed by atoms with Crippen LogP contribution in [0.4, 0.5) is 0 Å². The van der Waals surface area contributed by atoms with Gasteiger partial charge in [-0.25, -0.2) is 0 Å². The molecule has 0 bridgehead atoms. The fraction of sp³-hybridized carbons (Fsp3) is 0.600. The molecular weight excluding hydrogens is 228 g/mol. The number of hydrogen-bond acceptors (Lipinski definition) is 3. The van der Waals surface area contributed by atoms with Gasteiger partial charge in [-0.05, 0) is 18.6 Å². The van der Waals surface area contributed by atoms with Crippen molar-refractivity contribution >= 4 is 11.6 Å². The lowest BCUT2D eigenvalue weighted by atomic mass is 9.84. The van der Waals surface area contributed by atoms with Crippen LogP contribution in [0.3, 0.4) is 0 Å². The van der Waals surface area contributed by atoms with Crippen LogP contribution in [0.1, 0.15) is 69.1 Å². The number of rotatable bonds is 4. The molecule has 0 saturated carbocycles. The van der Waals surface area contributed by atoms with Gasteiger partial charge in [-0.1, -0.05) is 41.5 Å². The van der Waals surface area contributed by atoms with Crippen molar-refractivity contribution in [2.45, 2.75) is 48.0 Å². The van der Waals surface area contributed by atoms with E-state index in [0.29, 0.717) is 0 Å². The van der Waals surface area contributed by atoms with Gasteiger partial charge in [0.05, 0.1) is 0 Å². The van der Waals surface area contributed by atoms with Gasteiger partial charge in [0, 0.05) is 10.8 Å². The van der Waals surface area contributed by atoms with Crippen LogP contribution >= 0.6 is 0 Å². The Morgan fingerprint density at radius 1 is 1.00 bits per heavy atom. The van der Waals surface area contributed by atoms with Crippen molar-refractivity contribution in [3.63, 3.8) is 0 Å². The highest BCUT2D eigenvalue weighted by Gasteiger charge is 2.31. The Kier molecular flexibility index (Phi) is 3.84. The third-order valence-corrected chi connectivity index (χ3v) is 3.23. The van der Waals surface area contributed by atoms with E-state index in [1.165, 1.54) is 0 Å². The molecule has 0 unspecified atom stereocenters. The minimum Gasteiger partial charge on any atom is -0.450 e. The summed E-state index contributed by atoms with van der Waals surface area (Å²) in [5, 5.41) is 0. The predicted molar refractivity (Wildman–Crippen MR) is 70.9 cm³/mol. The molecule has 18 heavy (non-hydrogen) atoms. The maximum Gasteiger partial charge on any atom is 0.203 e. The number of furan rings is 1. The molecule has 0 aromatic carbocycles. The minimum atomic E-state index is -0.502. The minimum absolute atomic E-state index is 0.0574. The van der Waals surface area contributed by atoms with Crippen LogP contribution in [-0.2, 0) is 0 Å². The van der Waals surface area contributed by atoms with E-state index in [1.807, 2.05) is 41.5 Å². The molecule has 0 aliphatic carbocycles. The molecule has 0 radical (unpaired) electrons. The normalized spacial score (nSPS) is 12.6. The van der Waals surface area contributed by atoms with Crippen molar-refractivity contribution in [1.29, 1.82) is 0 Å². The highest BCUT2D eigenvalue weighted by Crippen LogP contribution is 2.28. The van der Waals surface area contributed by atoms with E-state index in [1.54, 1.807) is 12.1 Å². The van der Waals surface area contributed by atoms with Crippen LogP contribution in [0.15, 0.2) is 16.5 Å². The lowest BCUT2D eigenvalue weighted by Gasteiger charge is -2.19. The zero-order valence-electron chi connectivity index (χ0n) is 12.1. The Hall–Kier alpha value is -1.38. The van der Waals surface area contributed by atoms with Crippen LogP contribution in [0.2, 0.25) is 0 Å². The Labute approximate surface area is 109 Å². The molecule has 1 heterocycles. The summed E-state index contributed by atoms with van der Waals surface area (Å²) >= 11 is 0. The van der Waals surface area contributed by atoms with E-state index in [-0.39, 0.29) is 23.1 Å². The number of Topliss-reactive ketones (excluding diaryl/α,β-unsaturated/α-hetero) is 2. The molecule has 0 atom stereocenters. The van der Waals surface area contributed by atoms with E-state index in [2.05, 4.69) is 0 Å². The van der Waals surface area contributed by atoms with Crippen LogP contribution in [0, 0.1) is 10.8 Å². The first kappa shape index (κ1) is 14.7. The van der Waals surface area contributed by atoms with Crippen molar-refractivity contribution in [1.82, 2.24) is 0 Å². The van der Waals surface area contributed by atoms with Crippen LogP contribution in [-0.4, -0.2) is 11.6 Å². The Bertz CT molecular complexity index is 458. The Morgan fingerprint density at radius 3 is 1.83 bits per heavy atom. The van der Waals surface area contributed by atoms with Crippen molar-refractivity contribution in [2.75, 3.05) is 0 Å². The highest BCUT2D eigenvalue weighted by molar-refractivity contribution is 6.01. The summed E-state index contributed by atoms with van der Waals surface area (Å²) in [4.78, 5) is 24.2. The molecule has 3 heteroatoms. The average molecular weight is 250 g/mol. The van der Waals surface area contributed by atoms with E-state index in [9.17, 15) is 9.59 Å². The molecular formula is C15H22O3. The summed E-state index contributed by atoms with van der Waals surface area (Å²) in [6.45, 7) is 11.2. The van der Waals surface area contributed by atoms with Crippen molar-refractivity contribution in [2.24, 2.45) is 10.8 Å². The van der Waals surface area contributed by atoms with Gasteiger partial charge >= 0.3 is 0 Å². The van der Waals surface area contributed by atoms with Crippen molar-refractivity contribution in [3.05, 3.63) is 23.7 Å². The quantitative estimate of drug-likeness (QED) is 0.755. The molecule has 0 N–H and O–H groups in total. The molecule has 0 spiro atoms. The monoisotopic (exact) mass is 250 g/mol. The molecule has 0 saturated heterocycles. The second-order valence-electron chi connectivity index (χ2n) is 6.31. The summed E-state index contributed by atoms with van der Waals surface area (Å²) in [6, 6.07) is 3.19. The van der Waals surface area contributed by atoms with Gasteiger partial charge in [0.1, 0.15) is 0 Å². The first-order chi connectivity index (χ1) is 8.09. The van der Waals surface area contributed by atoms with E-state index in [4.69, 9.17) is 4.42 Å². The standard InChI is InChI=1S/C15H22O3/c1-7-15(5,6)13(17)11-9-8-10(18-11)12(16)14(2,3)4/h8-9H,7H2,1-6H3. The lowest BCUT2D eigenvalue weighted by molar-refractivity contribution is 0.0783. The van der Waals surface area contributed by atoms with Crippen molar-refractivity contribution < 1.29 is 14.0 Å². The first-order valence-electron chi connectivity index (χ1n) is 6.29. The summed E-state index contributed by atoms with van der Waals surface area (Å²) in [7, 11) is 0. The molecule has 0 amide bonds. The second-order valence-corrected chi connectivity index (χ2v) is 6.31. The fourth-order valence-corrected chi connectivity index (χ4v) is 1.45. The summed E-state index contributed by atoms with van der Waals surface area (Å²) in [6.07, 6.45) is 0.731. The molecule has 1 rings (SSSR count). The van der Waals surface area contributed by atoms with Gasteiger partial charge in [-0.3, -0.25) is 9.59 Å². The Balaban J connectivity index is 3.02. The summed E-state index contributed by atoms with van der Waals surface area (Å²) < 4.78 is 5.42. The lowest BCUT2D eigenvalue weighted by Crippen LogP contribution is -2.23. The highest BCUT2D eigenvalue weighted by atomic mass is 16.4. The van der Waals surface area contributed by atoms with Gasteiger partial charge in [-0.15, -0.1) is 0 Å². The van der Waals surface area contributed by atoms with Crippen LogP contribution < -0.4 is 0 Å². The third-order valence-electron chi connectivity index (χ3n) is 3.23. The van der Waals surface area contributed by atoms with Crippen LogP contribution in [0.25, 0.3) is 0 Å². The van der Waals surface area contributed by atoms with Gasteiger partial charge in [0.25, 0.3) is 0 Å². The van der Waals surface area contributed by atoms with Gasteiger partial charge in [0.15, 0.2) is 11.5 Å². The summed E-state index contributed by atoms with van der Waals surface area (Å²) in [5.41, 5.74) is -0.960. The molecule has 1 aromatic heterocycles. The molecule has 0 aliphatic heterocycles. The molecule has 1 aromatic rings. The zero-order chi connectivity index (χ0) is 14.1. The second kappa shape index (κ2) is 4.71. The number of carbonyl (C=O) groups excluding carboxylic acids is 2. The largest absolute Gasteiger partial charge is 0.450 e. The number of hydrogen-bond donors (Lipinski definition) is 0. The van der Waals surface area contributed by atoms with Crippen molar-refractivity contribution in [3.8, 4) is 0 Å². The smallest absolute Gasteiger partial charge is 0.203 e. The van der Waals surface area contributed by atoms with Gasteiger partial charge < -0.3 is 4.42 Å². The van der Waals surface area contributed by atoms with Crippen LogP contribution in [0.5, 0.6) is 0 Å². The molecule has 0 fully saturated rings. The number of carbonyl (C=O) groups is 2. The Morgan fingerprint density at radius 2 is 1.44 bits per heavy atom. The number of ketones is 2. The third kappa shape index (κ3) is 2.89. The SMILES string of the molecule is CCC(C)(C)C(=O)c1ccc(C(=O)C(C)(C)C)o1. The topological polar surface area (TPSA) is 47.3 Å². The maximum atomic E-state index is 12.2. The summed E-state index contributed by atoms with van der Waals surface area (Å²) in [5.74, 6) is 0.390. The maximum absolute atomic E-state index is 12.2. The first-order valence-corrected chi connectivity index (χ1v) is 6.29. The predicted octanol–water partition coefficient (Wildman–Crippen LogP) is 4.13. The zero-order valence-corrected chi connectivity index (χ0v) is 12.1.